The molecule has 2 aliphatic rings. The maximum atomic E-state index is 11.9. The van der Waals surface area contributed by atoms with Gasteiger partial charge in [0.05, 0.1) is 5.69 Å². The summed E-state index contributed by atoms with van der Waals surface area (Å²) in [7, 11) is -3.51. The van der Waals surface area contributed by atoms with Crippen molar-refractivity contribution in [2.45, 2.75) is 30.6 Å². The first-order valence-electron chi connectivity index (χ1n) is 7.54. The van der Waals surface area contributed by atoms with Crippen LogP contribution in [0.3, 0.4) is 0 Å². The van der Waals surface area contributed by atoms with Crippen molar-refractivity contribution < 1.29 is 8.42 Å². The molecule has 1 fully saturated rings. The smallest absolute Gasteiger partial charge is 0.285 e. The Balaban J connectivity index is 1.59. The minimum atomic E-state index is -3.51. The average molecular weight is 307 g/mol. The van der Waals surface area contributed by atoms with Crippen molar-refractivity contribution in [3.05, 3.63) is 24.3 Å². The summed E-state index contributed by atoms with van der Waals surface area (Å²) in [5, 5.41) is 3.47. The van der Waals surface area contributed by atoms with Crippen molar-refractivity contribution in [1.29, 1.82) is 0 Å². The summed E-state index contributed by atoms with van der Waals surface area (Å²) in [4.78, 5) is 2.20. The molecule has 1 saturated carbocycles. The molecule has 5 nitrogen and oxygen atoms in total. The van der Waals surface area contributed by atoms with E-state index in [9.17, 15) is 8.42 Å². The van der Waals surface area contributed by atoms with Crippen LogP contribution in [0.1, 0.15) is 25.7 Å². The monoisotopic (exact) mass is 307 g/mol. The predicted octanol–water partition coefficient (Wildman–Crippen LogP) is 2.00. The summed E-state index contributed by atoms with van der Waals surface area (Å²) in [5.41, 5.74) is 0.718. The Morgan fingerprint density at radius 2 is 2.00 bits per heavy atom. The van der Waals surface area contributed by atoms with E-state index >= 15 is 0 Å². The van der Waals surface area contributed by atoms with Gasteiger partial charge in [0.1, 0.15) is 11.2 Å². The van der Waals surface area contributed by atoms with E-state index in [1.807, 2.05) is 17.0 Å². The van der Waals surface area contributed by atoms with E-state index in [4.69, 9.17) is 0 Å². The first-order valence-corrected chi connectivity index (χ1v) is 8.98. The van der Waals surface area contributed by atoms with Gasteiger partial charge >= 0.3 is 0 Å². The Morgan fingerprint density at radius 1 is 1.24 bits per heavy atom. The van der Waals surface area contributed by atoms with Gasteiger partial charge in [-0.3, -0.25) is 0 Å². The van der Waals surface area contributed by atoms with Crippen LogP contribution in [0.15, 0.2) is 33.6 Å². The van der Waals surface area contributed by atoms with Crippen molar-refractivity contribution >= 4 is 22.0 Å². The fourth-order valence-corrected chi connectivity index (χ4v) is 4.10. The molecular formula is C15H21N3O2S. The highest BCUT2D eigenvalue weighted by molar-refractivity contribution is 7.90. The largest absolute Gasteiger partial charge is 0.329 e. The van der Waals surface area contributed by atoms with E-state index < -0.39 is 10.0 Å². The third-order valence-corrected chi connectivity index (χ3v) is 5.49. The van der Waals surface area contributed by atoms with Gasteiger partial charge < -0.3 is 10.2 Å². The van der Waals surface area contributed by atoms with Crippen LogP contribution in [0.4, 0.5) is 5.69 Å². The van der Waals surface area contributed by atoms with Gasteiger partial charge in [-0.1, -0.05) is 25.0 Å². The first-order chi connectivity index (χ1) is 10.2. The lowest BCUT2D eigenvalue weighted by Crippen LogP contribution is -2.35. The molecule has 1 aromatic carbocycles. The Bertz CT molecular complexity index is 622. The van der Waals surface area contributed by atoms with E-state index in [-0.39, 0.29) is 0 Å². The molecule has 0 atom stereocenters. The molecule has 1 heterocycles. The molecule has 6 heteroatoms. The highest BCUT2D eigenvalue weighted by Gasteiger charge is 2.24. The Hall–Kier alpha value is -1.40. The third kappa shape index (κ3) is 3.27. The highest BCUT2D eigenvalue weighted by atomic mass is 32.2. The number of hydrogen-bond acceptors (Lipinski definition) is 4. The van der Waals surface area contributed by atoms with Crippen LogP contribution in [0.2, 0.25) is 0 Å². The van der Waals surface area contributed by atoms with Gasteiger partial charge in [-0.2, -0.15) is 8.42 Å². The molecule has 0 unspecified atom stereocenters. The van der Waals surface area contributed by atoms with Gasteiger partial charge in [0, 0.05) is 13.1 Å². The Labute approximate surface area is 126 Å². The molecule has 0 bridgehead atoms. The molecule has 1 aromatic rings. The molecule has 0 spiro atoms. The molecule has 1 aliphatic carbocycles. The van der Waals surface area contributed by atoms with E-state index in [0.29, 0.717) is 4.90 Å². The number of rotatable bonds is 5. The number of nitrogens with one attached hydrogen (secondary N) is 1. The van der Waals surface area contributed by atoms with Gasteiger partial charge in [0.2, 0.25) is 0 Å². The van der Waals surface area contributed by atoms with Gasteiger partial charge in [0.15, 0.2) is 0 Å². The number of para-hydroxylation sites is 1. The minimum Gasteiger partial charge on any atom is -0.329 e. The second kappa shape index (κ2) is 6.15. The van der Waals surface area contributed by atoms with E-state index in [1.54, 1.807) is 12.1 Å². The van der Waals surface area contributed by atoms with Crippen LogP contribution in [-0.4, -0.2) is 34.4 Å². The van der Waals surface area contributed by atoms with Gasteiger partial charge in [-0.15, -0.1) is 4.40 Å². The molecule has 0 aromatic heterocycles. The average Bonchev–Trinajstić information content (AvgIpc) is 2.99. The summed E-state index contributed by atoms with van der Waals surface area (Å²) < 4.78 is 27.5. The second-order valence-corrected chi connectivity index (χ2v) is 7.31. The standard InChI is InChI=1S/C15H21N3O2S/c19-21(20)15-8-4-3-7-14(15)18(12-17-21)10-9-16-11-13-5-1-2-6-13/h3-4,7-8,12-13,16H,1-2,5-6,9-11H2. The fourth-order valence-electron chi connectivity index (χ4n) is 3.05. The summed E-state index contributed by atoms with van der Waals surface area (Å²) in [5.74, 6) is 0.813. The molecule has 114 valence electrons. The number of sulfonamides is 1. The number of hydrogen-bond donors (Lipinski definition) is 1. The van der Waals surface area contributed by atoms with Crippen LogP contribution in [0, 0.1) is 5.92 Å². The molecule has 3 rings (SSSR count). The quantitative estimate of drug-likeness (QED) is 0.845. The van der Waals surface area contributed by atoms with E-state index in [1.165, 1.54) is 32.0 Å². The Kier molecular flexibility index (Phi) is 4.26. The minimum absolute atomic E-state index is 0.295. The maximum absolute atomic E-state index is 11.9. The fraction of sp³-hybridized carbons (Fsp3) is 0.533. The number of anilines is 1. The number of nitrogens with zero attached hydrogens (tertiary/aromatic N) is 2. The molecule has 1 aliphatic heterocycles. The van der Waals surface area contributed by atoms with Gasteiger partial charge in [-0.05, 0) is 37.4 Å². The van der Waals surface area contributed by atoms with Crippen LogP contribution in [0.5, 0.6) is 0 Å². The lowest BCUT2D eigenvalue weighted by atomic mass is 10.1. The summed E-state index contributed by atoms with van der Waals surface area (Å²) >= 11 is 0. The molecule has 0 saturated heterocycles. The molecular weight excluding hydrogens is 286 g/mol. The summed E-state index contributed by atoms with van der Waals surface area (Å²) in [6.07, 6.45) is 6.81. The van der Waals surface area contributed by atoms with Crippen LogP contribution >= 0.6 is 0 Å². The zero-order chi connectivity index (χ0) is 14.7. The topological polar surface area (TPSA) is 61.8 Å². The summed E-state index contributed by atoms with van der Waals surface area (Å²) in [6, 6.07) is 7.02. The van der Waals surface area contributed by atoms with Crippen molar-refractivity contribution in [3.63, 3.8) is 0 Å². The van der Waals surface area contributed by atoms with Crippen LogP contribution < -0.4 is 10.2 Å². The first kappa shape index (κ1) is 14.5. The third-order valence-electron chi connectivity index (χ3n) is 4.22. The van der Waals surface area contributed by atoms with Gasteiger partial charge in [0.25, 0.3) is 10.0 Å². The van der Waals surface area contributed by atoms with Crippen molar-refractivity contribution in [3.8, 4) is 0 Å². The van der Waals surface area contributed by atoms with E-state index in [2.05, 4.69) is 9.71 Å². The zero-order valence-corrected chi connectivity index (χ0v) is 12.8. The van der Waals surface area contributed by atoms with Gasteiger partial charge in [-0.25, -0.2) is 0 Å². The molecule has 0 amide bonds. The van der Waals surface area contributed by atoms with Crippen molar-refractivity contribution in [1.82, 2.24) is 5.32 Å². The summed E-state index contributed by atoms with van der Waals surface area (Å²) in [6.45, 7) is 2.62. The van der Waals surface area contributed by atoms with E-state index in [0.717, 1.165) is 31.2 Å². The molecule has 21 heavy (non-hydrogen) atoms. The van der Waals surface area contributed by atoms with Crippen molar-refractivity contribution in [2.75, 3.05) is 24.5 Å². The highest BCUT2D eigenvalue weighted by Crippen LogP contribution is 2.28. The lowest BCUT2D eigenvalue weighted by molar-refractivity contribution is 0.493. The SMILES string of the molecule is O=S1(=O)N=CN(CCNCC2CCCC2)c2ccccc21. The van der Waals surface area contributed by atoms with Crippen LogP contribution in [0.25, 0.3) is 0 Å². The Morgan fingerprint density at radius 3 is 2.81 bits per heavy atom. The molecule has 1 N–H and O–H groups in total. The predicted molar refractivity (Wildman–Crippen MR) is 84.3 cm³/mol. The van der Waals surface area contributed by atoms with Crippen molar-refractivity contribution in [2.24, 2.45) is 10.3 Å². The second-order valence-electron chi connectivity index (χ2n) is 5.71. The zero-order valence-electron chi connectivity index (χ0n) is 12.0. The van der Waals surface area contributed by atoms with Crippen LogP contribution in [-0.2, 0) is 10.0 Å². The lowest BCUT2D eigenvalue weighted by Gasteiger charge is -2.25. The maximum Gasteiger partial charge on any atom is 0.285 e. The normalized spacial score (nSPS) is 20.7. The number of fused-ring (bicyclic) bond motifs is 1. The molecule has 0 radical (unpaired) electrons. The number of benzene rings is 1.